The first kappa shape index (κ1) is 13.1. The van der Waals surface area contributed by atoms with Crippen LogP contribution in [0, 0.1) is 6.92 Å². The third-order valence-corrected chi connectivity index (χ3v) is 3.65. The van der Waals surface area contributed by atoms with Gasteiger partial charge in [0.25, 0.3) is 0 Å². The first-order valence-electron chi connectivity index (χ1n) is 6.45. The van der Waals surface area contributed by atoms with Crippen molar-refractivity contribution in [1.29, 1.82) is 0 Å². The third-order valence-electron chi connectivity index (χ3n) is 3.42. The van der Waals surface area contributed by atoms with Crippen LogP contribution in [0.1, 0.15) is 17.0 Å². The van der Waals surface area contributed by atoms with E-state index in [0.29, 0.717) is 11.6 Å². The van der Waals surface area contributed by atoms with E-state index < -0.39 is 0 Å². The number of hydrogen-bond acceptors (Lipinski definition) is 3. The number of halogens is 1. The van der Waals surface area contributed by atoms with E-state index in [4.69, 9.17) is 11.6 Å². The maximum Gasteiger partial charge on any atom is 0.137 e. The van der Waals surface area contributed by atoms with Gasteiger partial charge in [0.2, 0.25) is 0 Å². The summed E-state index contributed by atoms with van der Waals surface area (Å²) in [6, 6.07) is 3.76. The minimum Gasteiger partial charge on any atom is -0.307 e. The summed E-state index contributed by atoms with van der Waals surface area (Å²) in [5.41, 5.74) is 4.29. The normalized spacial score (nSPS) is 11.3. The molecule has 0 bridgehead atoms. The van der Waals surface area contributed by atoms with Crippen LogP contribution in [0.4, 0.5) is 0 Å². The Balaban J connectivity index is 1.66. The largest absolute Gasteiger partial charge is 0.307 e. The number of hydrogen-bond donors (Lipinski definition) is 1. The Hall–Kier alpha value is -1.85. The van der Waals surface area contributed by atoms with E-state index in [1.165, 1.54) is 11.3 Å². The van der Waals surface area contributed by atoms with Gasteiger partial charge >= 0.3 is 0 Å². The van der Waals surface area contributed by atoms with Gasteiger partial charge in [0.1, 0.15) is 5.65 Å². The predicted molar refractivity (Wildman–Crippen MR) is 78.7 cm³/mol. The van der Waals surface area contributed by atoms with Gasteiger partial charge in [-0.2, -0.15) is 5.10 Å². The molecule has 3 heterocycles. The molecule has 3 aromatic heterocycles. The third kappa shape index (κ3) is 2.55. The SMILES string of the molecule is Cc1c(CNCc2cn3cc(Cl)ccc3n2)cnn1C. The molecule has 0 radical (unpaired) electrons. The van der Waals surface area contributed by atoms with Crippen molar-refractivity contribution in [3.63, 3.8) is 0 Å². The van der Waals surface area contributed by atoms with E-state index in [2.05, 4.69) is 22.3 Å². The maximum absolute atomic E-state index is 5.96. The van der Waals surface area contributed by atoms with Crippen LogP contribution in [-0.4, -0.2) is 19.2 Å². The molecule has 0 amide bonds. The van der Waals surface area contributed by atoms with Gasteiger partial charge < -0.3 is 9.72 Å². The highest BCUT2D eigenvalue weighted by Crippen LogP contribution is 2.12. The summed E-state index contributed by atoms with van der Waals surface area (Å²) >= 11 is 5.96. The van der Waals surface area contributed by atoms with Crippen molar-refractivity contribution in [2.45, 2.75) is 20.0 Å². The van der Waals surface area contributed by atoms with Crippen LogP contribution in [0.3, 0.4) is 0 Å². The topological polar surface area (TPSA) is 47.1 Å². The highest BCUT2D eigenvalue weighted by Gasteiger charge is 2.05. The molecule has 6 heteroatoms. The summed E-state index contributed by atoms with van der Waals surface area (Å²) in [6.07, 6.45) is 5.74. The summed E-state index contributed by atoms with van der Waals surface area (Å²) < 4.78 is 3.82. The van der Waals surface area contributed by atoms with E-state index in [0.717, 1.165) is 17.9 Å². The number of rotatable bonds is 4. The maximum atomic E-state index is 5.96. The predicted octanol–water partition coefficient (Wildman–Crippen LogP) is 2.32. The molecule has 0 aliphatic rings. The number of aryl methyl sites for hydroxylation is 1. The van der Waals surface area contributed by atoms with Gasteiger partial charge in [-0.25, -0.2) is 4.98 Å². The van der Waals surface area contributed by atoms with E-state index in [-0.39, 0.29) is 0 Å². The van der Waals surface area contributed by atoms with Crippen molar-refractivity contribution in [2.75, 3.05) is 0 Å². The molecule has 0 aromatic carbocycles. The molecule has 0 spiro atoms. The van der Waals surface area contributed by atoms with E-state index in [1.54, 1.807) is 0 Å². The van der Waals surface area contributed by atoms with E-state index in [9.17, 15) is 0 Å². The second-order valence-electron chi connectivity index (χ2n) is 4.83. The Labute approximate surface area is 122 Å². The molecule has 104 valence electrons. The monoisotopic (exact) mass is 289 g/mol. The zero-order valence-electron chi connectivity index (χ0n) is 11.5. The van der Waals surface area contributed by atoms with Crippen LogP contribution in [0.25, 0.3) is 5.65 Å². The van der Waals surface area contributed by atoms with Gasteiger partial charge in [-0.05, 0) is 19.1 Å². The fourth-order valence-electron chi connectivity index (χ4n) is 2.15. The molecule has 0 aliphatic carbocycles. The first-order chi connectivity index (χ1) is 9.63. The molecule has 5 nitrogen and oxygen atoms in total. The van der Waals surface area contributed by atoms with Crippen molar-refractivity contribution < 1.29 is 0 Å². The Kier molecular flexibility index (Phi) is 3.46. The number of imidazole rings is 1. The highest BCUT2D eigenvalue weighted by atomic mass is 35.5. The summed E-state index contributed by atoms with van der Waals surface area (Å²) in [7, 11) is 1.95. The first-order valence-corrected chi connectivity index (χ1v) is 6.82. The highest BCUT2D eigenvalue weighted by molar-refractivity contribution is 6.30. The molecule has 20 heavy (non-hydrogen) atoms. The molecule has 0 saturated carbocycles. The zero-order chi connectivity index (χ0) is 14.1. The molecule has 3 rings (SSSR count). The second kappa shape index (κ2) is 5.26. The van der Waals surface area contributed by atoms with Gasteiger partial charge in [-0.1, -0.05) is 11.6 Å². The van der Waals surface area contributed by atoms with E-state index >= 15 is 0 Å². The lowest BCUT2D eigenvalue weighted by Crippen LogP contribution is -2.13. The smallest absolute Gasteiger partial charge is 0.137 e. The van der Waals surface area contributed by atoms with Crippen molar-refractivity contribution in [2.24, 2.45) is 7.05 Å². The average molecular weight is 290 g/mol. The summed E-state index contributed by atoms with van der Waals surface area (Å²) in [5, 5.41) is 8.32. The van der Waals surface area contributed by atoms with Crippen LogP contribution in [0.5, 0.6) is 0 Å². The molecule has 0 unspecified atom stereocenters. The van der Waals surface area contributed by atoms with Crippen LogP contribution >= 0.6 is 11.6 Å². The molecule has 0 saturated heterocycles. The molecule has 1 N–H and O–H groups in total. The van der Waals surface area contributed by atoms with Crippen LogP contribution in [0.15, 0.2) is 30.7 Å². The Morgan fingerprint density at radius 1 is 1.25 bits per heavy atom. The summed E-state index contributed by atoms with van der Waals surface area (Å²) in [6.45, 7) is 3.57. The number of pyridine rings is 1. The molecule has 3 aromatic rings. The van der Waals surface area contributed by atoms with Crippen LogP contribution in [0.2, 0.25) is 5.02 Å². The number of nitrogens with zero attached hydrogens (tertiary/aromatic N) is 4. The fraction of sp³-hybridized carbons (Fsp3) is 0.286. The fourth-order valence-corrected chi connectivity index (χ4v) is 2.31. The van der Waals surface area contributed by atoms with E-state index in [1.807, 2.05) is 46.9 Å². The number of nitrogens with one attached hydrogen (secondary N) is 1. The molecular weight excluding hydrogens is 274 g/mol. The van der Waals surface area contributed by atoms with Gasteiger partial charge in [0, 0.05) is 43.8 Å². The quantitative estimate of drug-likeness (QED) is 0.802. The lowest BCUT2D eigenvalue weighted by atomic mass is 10.2. The van der Waals surface area contributed by atoms with Crippen molar-refractivity contribution in [1.82, 2.24) is 24.5 Å². The van der Waals surface area contributed by atoms with Crippen LogP contribution < -0.4 is 5.32 Å². The molecule has 0 atom stereocenters. The Bertz CT molecular complexity index is 743. The van der Waals surface area contributed by atoms with Gasteiger partial charge in [0.15, 0.2) is 0 Å². The molecule has 0 fully saturated rings. The second-order valence-corrected chi connectivity index (χ2v) is 5.26. The van der Waals surface area contributed by atoms with Crippen molar-refractivity contribution in [3.8, 4) is 0 Å². The van der Waals surface area contributed by atoms with Gasteiger partial charge in [-0.3, -0.25) is 4.68 Å². The van der Waals surface area contributed by atoms with Gasteiger partial charge in [0.05, 0.1) is 16.9 Å². The molecular formula is C14H16ClN5. The number of aromatic nitrogens is 4. The minimum absolute atomic E-state index is 0.709. The Morgan fingerprint density at radius 2 is 2.10 bits per heavy atom. The van der Waals surface area contributed by atoms with Crippen molar-refractivity contribution >= 4 is 17.2 Å². The Morgan fingerprint density at radius 3 is 2.85 bits per heavy atom. The minimum atomic E-state index is 0.709. The standard InChI is InChI=1S/C14H16ClN5/c1-10-11(6-17-19(10)2)5-16-7-13-9-20-8-12(15)3-4-14(20)18-13/h3-4,6,8-9,16H,5,7H2,1-2H3. The average Bonchev–Trinajstić information content (AvgIpc) is 2.96. The lowest BCUT2D eigenvalue weighted by molar-refractivity contribution is 0.675. The molecule has 0 aliphatic heterocycles. The summed E-state index contributed by atoms with van der Waals surface area (Å²) in [5.74, 6) is 0. The lowest BCUT2D eigenvalue weighted by Gasteiger charge is -2.02. The van der Waals surface area contributed by atoms with Gasteiger partial charge in [-0.15, -0.1) is 0 Å². The summed E-state index contributed by atoms with van der Waals surface area (Å²) in [4.78, 5) is 4.53. The van der Waals surface area contributed by atoms with Crippen LogP contribution in [-0.2, 0) is 20.1 Å². The zero-order valence-corrected chi connectivity index (χ0v) is 12.2. The van der Waals surface area contributed by atoms with Crippen molar-refractivity contribution in [3.05, 3.63) is 52.7 Å². The number of fused-ring (bicyclic) bond motifs is 1.